The Bertz CT molecular complexity index is 130. The number of carbonyl (C=O) groups excluding carboxylic acids is 1. The van der Waals surface area contributed by atoms with E-state index < -0.39 is 11.8 Å². The molecule has 3 nitrogen and oxygen atoms in total. The SMILES string of the molecule is CC(Br)CC(=O)C(=O)O. The second kappa shape index (κ2) is 3.61. The van der Waals surface area contributed by atoms with E-state index in [4.69, 9.17) is 5.11 Å². The first-order valence-electron chi connectivity index (χ1n) is 2.44. The second-order valence-electron chi connectivity index (χ2n) is 1.71. The third-order valence-corrected chi connectivity index (χ3v) is 1.03. The molecule has 0 amide bonds. The van der Waals surface area contributed by atoms with Crippen molar-refractivity contribution < 1.29 is 14.7 Å². The zero-order chi connectivity index (χ0) is 7.44. The second-order valence-corrected chi connectivity index (χ2v) is 3.28. The fraction of sp³-hybridized carbons (Fsp3) is 0.600. The highest BCUT2D eigenvalue weighted by atomic mass is 79.9. The van der Waals surface area contributed by atoms with Gasteiger partial charge < -0.3 is 5.11 Å². The van der Waals surface area contributed by atoms with Gasteiger partial charge in [0.25, 0.3) is 0 Å². The topological polar surface area (TPSA) is 54.4 Å². The van der Waals surface area contributed by atoms with Gasteiger partial charge in [-0.1, -0.05) is 22.9 Å². The van der Waals surface area contributed by atoms with Crippen molar-refractivity contribution >= 4 is 27.7 Å². The molecule has 1 N–H and O–H groups in total. The van der Waals surface area contributed by atoms with Crippen molar-refractivity contribution in [1.29, 1.82) is 0 Å². The van der Waals surface area contributed by atoms with Crippen LogP contribution < -0.4 is 0 Å². The van der Waals surface area contributed by atoms with Crippen molar-refractivity contribution in [3.8, 4) is 0 Å². The Hall–Kier alpha value is -0.380. The molecule has 0 heterocycles. The standard InChI is InChI=1S/C5H7BrO3/c1-3(6)2-4(7)5(8)9/h3H,2H2,1H3,(H,8,9). The van der Waals surface area contributed by atoms with Crippen LogP contribution in [0, 0.1) is 0 Å². The van der Waals surface area contributed by atoms with E-state index in [0.717, 1.165) is 0 Å². The first kappa shape index (κ1) is 8.62. The summed E-state index contributed by atoms with van der Waals surface area (Å²) in [6, 6.07) is 0. The fourth-order valence-electron chi connectivity index (χ4n) is 0.343. The van der Waals surface area contributed by atoms with Gasteiger partial charge in [-0.25, -0.2) is 4.79 Å². The summed E-state index contributed by atoms with van der Waals surface area (Å²) in [6.07, 6.45) is 0.0509. The molecule has 0 fully saturated rings. The molecule has 0 aliphatic rings. The number of hydrogen-bond donors (Lipinski definition) is 1. The molecule has 0 saturated carbocycles. The van der Waals surface area contributed by atoms with Crippen LogP contribution >= 0.6 is 15.9 Å². The van der Waals surface area contributed by atoms with Gasteiger partial charge in [0, 0.05) is 11.2 Å². The first-order chi connectivity index (χ1) is 4.04. The molecule has 0 saturated heterocycles. The molecule has 0 spiro atoms. The van der Waals surface area contributed by atoms with E-state index in [1.165, 1.54) is 0 Å². The summed E-state index contributed by atoms with van der Waals surface area (Å²) in [5.41, 5.74) is 0. The van der Waals surface area contributed by atoms with Crippen molar-refractivity contribution in [2.45, 2.75) is 18.2 Å². The third kappa shape index (κ3) is 4.14. The van der Waals surface area contributed by atoms with Crippen LogP contribution in [-0.4, -0.2) is 21.7 Å². The van der Waals surface area contributed by atoms with Crippen LogP contribution in [0.2, 0.25) is 0 Å². The molecule has 0 aliphatic carbocycles. The average Bonchev–Trinajstić information content (AvgIpc) is 1.63. The van der Waals surface area contributed by atoms with E-state index >= 15 is 0 Å². The van der Waals surface area contributed by atoms with E-state index in [2.05, 4.69) is 15.9 Å². The molecular weight excluding hydrogens is 188 g/mol. The van der Waals surface area contributed by atoms with Gasteiger partial charge in [0.05, 0.1) is 0 Å². The molecule has 52 valence electrons. The smallest absolute Gasteiger partial charge is 0.372 e. The Kier molecular flexibility index (Phi) is 3.46. The lowest BCUT2D eigenvalue weighted by Crippen LogP contribution is -2.15. The molecule has 1 unspecified atom stereocenters. The maximum Gasteiger partial charge on any atom is 0.372 e. The highest BCUT2D eigenvalue weighted by molar-refractivity contribution is 9.09. The Morgan fingerprint density at radius 2 is 2.11 bits per heavy atom. The number of aliphatic carboxylic acids is 1. The van der Waals surface area contributed by atoms with E-state index in [1.54, 1.807) is 6.92 Å². The molecular formula is C5H7BrO3. The van der Waals surface area contributed by atoms with E-state index in [1.807, 2.05) is 0 Å². The molecule has 1 atom stereocenters. The van der Waals surface area contributed by atoms with E-state index in [0.29, 0.717) is 0 Å². The maximum absolute atomic E-state index is 10.3. The van der Waals surface area contributed by atoms with Crippen LogP contribution in [0.1, 0.15) is 13.3 Å². The van der Waals surface area contributed by atoms with Gasteiger partial charge in [-0.2, -0.15) is 0 Å². The van der Waals surface area contributed by atoms with Crippen LogP contribution in [0.3, 0.4) is 0 Å². The maximum atomic E-state index is 10.3. The van der Waals surface area contributed by atoms with Gasteiger partial charge in [-0.15, -0.1) is 0 Å². The van der Waals surface area contributed by atoms with E-state index in [9.17, 15) is 9.59 Å². The number of alkyl halides is 1. The van der Waals surface area contributed by atoms with Crippen molar-refractivity contribution in [3.63, 3.8) is 0 Å². The van der Waals surface area contributed by atoms with Gasteiger partial charge >= 0.3 is 5.97 Å². The summed E-state index contributed by atoms with van der Waals surface area (Å²) in [7, 11) is 0. The predicted molar refractivity (Wildman–Crippen MR) is 35.6 cm³/mol. The first-order valence-corrected chi connectivity index (χ1v) is 3.35. The summed E-state index contributed by atoms with van der Waals surface area (Å²) in [6.45, 7) is 1.72. The van der Waals surface area contributed by atoms with Crippen molar-refractivity contribution in [1.82, 2.24) is 0 Å². The van der Waals surface area contributed by atoms with E-state index in [-0.39, 0.29) is 11.2 Å². The van der Waals surface area contributed by atoms with Gasteiger partial charge in [0.15, 0.2) is 0 Å². The minimum atomic E-state index is -1.36. The number of ketones is 1. The summed E-state index contributed by atoms with van der Waals surface area (Å²) in [4.78, 5) is 20.1. The predicted octanol–water partition coefficient (Wildman–Crippen LogP) is 0.814. The normalized spacial score (nSPS) is 12.7. The summed E-state index contributed by atoms with van der Waals surface area (Å²) in [5.74, 6) is -2.11. The zero-order valence-corrected chi connectivity index (χ0v) is 6.51. The van der Waals surface area contributed by atoms with Gasteiger partial charge in [-0.3, -0.25) is 4.79 Å². The number of rotatable bonds is 3. The fourth-order valence-corrected chi connectivity index (χ4v) is 0.637. The van der Waals surface area contributed by atoms with Crippen LogP contribution in [-0.2, 0) is 9.59 Å². The molecule has 9 heavy (non-hydrogen) atoms. The molecule has 0 radical (unpaired) electrons. The van der Waals surface area contributed by atoms with Crippen molar-refractivity contribution in [2.75, 3.05) is 0 Å². The Morgan fingerprint density at radius 3 is 2.22 bits per heavy atom. The number of carboxylic acid groups (broad SMARTS) is 1. The number of halogens is 1. The number of hydrogen-bond acceptors (Lipinski definition) is 2. The summed E-state index contributed by atoms with van der Waals surface area (Å²) in [5, 5.41) is 8.06. The van der Waals surface area contributed by atoms with Crippen LogP contribution in [0.5, 0.6) is 0 Å². The van der Waals surface area contributed by atoms with Crippen LogP contribution in [0.15, 0.2) is 0 Å². The quantitative estimate of drug-likeness (QED) is 0.535. The highest BCUT2D eigenvalue weighted by Crippen LogP contribution is 2.02. The number of carboxylic acids is 1. The Balaban J connectivity index is 3.65. The minimum absolute atomic E-state index is 0.0509. The largest absolute Gasteiger partial charge is 0.476 e. The average molecular weight is 195 g/mol. The van der Waals surface area contributed by atoms with Crippen molar-refractivity contribution in [2.24, 2.45) is 0 Å². The lowest BCUT2D eigenvalue weighted by atomic mass is 10.2. The Morgan fingerprint density at radius 1 is 1.67 bits per heavy atom. The summed E-state index contributed by atoms with van der Waals surface area (Å²) >= 11 is 3.06. The molecule has 0 rings (SSSR count). The summed E-state index contributed by atoms with van der Waals surface area (Å²) < 4.78 is 0. The van der Waals surface area contributed by atoms with Crippen LogP contribution in [0.4, 0.5) is 0 Å². The van der Waals surface area contributed by atoms with Gasteiger partial charge in [0.2, 0.25) is 5.78 Å². The lowest BCUT2D eigenvalue weighted by molar-refractivity contribution is -0.149. The zero-order valence-electron chi connectivity index (χ0n) is 4.93. The monoisotopic (exact) mass is 194 g/mol. The molecule has 0 aromatic carbocycles. The van der Waals surface area contributed by atoms with Gasteiger partial charge in [-0.05, 0) is 0 Å². The number of Topliss-reactive ketones (excluding diaryl/α,β-unsaturated/α-hetero) is 1. The third-order valence-electron chi connectivity index (χ3n) is 0.705. The van der Waals surface area contributed by atoms with Crippen molar-refractivity contribution in [3.05, 3.63) is 0 Å². The molecule has 0 aromatic rings. The molecule has 0 bridgehead atoms. The Labute approximate surface area is 61.2 Å². The molecule has 0 aliphatic heterocycles. The number of carbonyl (C=O) groups is 2. The molecule has 0 aromatic heterocycles. The van der Waals surface area contributed by atoms with Crippen LogP contribution in [0.25, 0.3) is 0 Å². The highest BCUT2D eigenvalue weighted by Gasteiger charge is 2.12. The molecule has 4 heteroatoms. The minimum Gasteiger partial charge on any atom is -0.476 e. The lowest BCUT2D eigenvalue weighted by Gasteiger charge is -1.95. The van der Waals surface area contributed by atoms with Gasteiger partial charge in [0.1, 0.15) is 0 Å².